The number of hydrogen-bond acceptors (Lipinski definition) is 3. The third-order valence-corrected chi connectivity index (χ3v) is 12.0. The number of fused-ring (bicyclic) bond motifs is 4. The molecule has 1 radical (unpaired) electrons. The van der Waals surface area contributed by atoms with Crippen LogP contribution in [0.3, 0.4) is 0 Å². The molecule has 0 spiro atoms. The molecule has 0 aliphatic rings. The van der Waals surface area contributed by atoms with E-state index in [4.69, 9.17) is 9.40 Å². The Bertz CT molecular complexity index is 2660. The smallest absolute Gasteiger partial charge is 0.120 e. The van der Waals surface area contributed by atoms with Gasteiger partial charge in [-0.2, -0.15) is 0 Å². The maximum Gasteiger partial charge on any atom is 0.120 e. The van der Waals surface area contributed by atoms with Crippen LogP contribution in [0.25, 0.3) is 72.4 Å². The summed E-state index contributed by atoms with van der Waals surface area (Å²) in [5.41, 5.74) is 11.4. The van der Waals surface area contributed by atoms with E-state index >= 15 is 0 Å². The van der Waals surface area contributed by atoms with E-state index in [9.17, 15) is 0 Å². The van der Waals surface area contributed by atoms with Crippen molar-refractivity contribution in [3.8, 4) is 39.5 Å². The van der Waals surface area contributed by atoms with E-state index in [1.807, 2.05) is 42.6 Å². The van der Waals surface area contributed by atoms with Gasteiger partial charge in [0.2, 0.25) is 0 Å². The summed E-state index contributed by atoms with van der Waals surface area (Å²) < 4.78 is 8.59. The SMILES string of the molecule is CC(C)(C)c1c[c-]c(-c2ccc([Si](C)(C)C)cn2)cc1.[Ir].[c-]1ccc2c(oc3ccccc32)c1-c1nc2ccccc2n1-c1ccccc1-c1ccccc1. The van der Waals surface area contributed by atoms with E-state index in [2.05, 4.69) is 171 Å². The van der Waals surface area contributed by atoms with Crippen molar-refractivity contribution in [1.82, 2.24) is 14.5 Å². The van der Waals surface area contributed by atoms with Crippen LogP contribution in [0, 0.1) is 12.1 Å². The van der Waals surface area contributed by atoms with Gasteiger partial charge in [-0.05, 0) is 46.1 Å². The average molecular weight is 910 g/mol. The molecule has 3 heterocycles. The van der Waals surface area contributed by atoms with Crippen molar-refractivity contribution < 1.29 is 24.5 Å². The second-order valence-electron chi connectivity index (χ2n) is 15.8. The molecule has 6 aromatic carbocycles. The number of furan rings is 1. The minimum absolute atomic E-state index is 0. The van der Waals surface area contributed by atoms with Gasteiger partial charge in [-0.3, -0.25) is 4.98 Å². The largest absolute Gasteiger partial charge is 0.501 e. The van der Waals surface area contributed by atoms with Crippen LogP contribution in [-0.2, 0) is 25.5 Å². The normalized spacial score (nSPS) is 11.7. The molecule has 0 atom stereocenters. The minimum Gasteiger partial charge on any atom is -0.501 e. The van der Waals surface area contributed by atoms with Crippen molar-refractivity contribution in [2.45, 2.75) is 45.8 Å². The molecule has 0 N–H and O–H groups in total. The zero-order valence-corrected chi connectivity index (χ0v) is 35.4. The van der Waals surface area contributed by atoms with Gasteiger partial charge >= 0.3 is 0 Å². The molecule has 0 saturated carbocycles. The number of aromatic nitrogens is 3. The molecule has 0 fully saturated rings. The Labute approximate surface area is 338 Å². The monoisotopic (exact) mass is 910 g/mol. The molecular weight excluding hydrogens is 867 g/mol. The number of pyridine rings is 1. The summed E-state index contributed by atoms with van der Waals surface area (Å²) in [5, 5.41) is 3.56. The summed E-state index contributed by atoms with van der Waals surface area (Å²) in [4.78, 5) is 9.70. The van der Waals surface area contributed by atoms with Crippen molar-refractivity contribution in [1.29, 1.82) is 0 Å². The molecule has 6 heteroatoms. The summed E-state index contributed by atoms with van der Waals surface area (Å²) in [6, 6.07) is 56.9. The first-order valence-electron chi connectivity index (χ1n) is 18.5. The van der Waals surface area contributed by atoms with Gasteiger partial charge in [0, 0.05) is 42.9 Å². The fraction of sp³-hybridized carbons (Fsp3) is 0.143. The van der Waals surface area contributed by atoms with Gasteiger partial charge in [-0.15, -0.1) is 53.6 Å². The Kier molecular flexibility index (Phi) is 10.6. The topological polar surface area (TPSA) is 43.9 Å². The molecule has 275 valence electrons. The van der Waals surface area contributed by atoms with Crippen LogP contribution in [0.2, 0.25) is 19.6 Å². The van der Waals surface area contributed by atoms with Gasteiger partial charge in [0.15, 0.2) is 0 Å². The van der Waals surface area contributed by atoms with E-state index in [1.165, 1.54) is 10.8 Å². The Balaban J connectivity index is 0.000000191. The summed E-state index contributed by atoms with van der Waals surface area (Å²) in [6.07, 6.45) is 2.03. The molecule has 0 aliphatic heterocycles. The Morgan fingerprint density at radius 2 is 1.42 bits per heavy atom. The van der Waals surface area contributed by atoms with Crippen LogP contribution in [-0.4, -0.2) is 22.6 Å². The van der Waals surface area contributed by atoms with E-state index in [-0.39, 0.29) is 25.5 Å². The van der Waals surface area contributed by atoms with Crippen LogP contribution in [0.15, 0.2) is 156 Å². The molecule has 0 amide bonds. The number of para-hydroxylation sites is 4. The number of imidazole rings is 1. The first-order chi connectivity index (χ1) is 26.1. The first-order valence-corrected chi connectivity index (χ1v) is 22.0. The third-order valence-electron chi connectivity index (χ3n) is 9.94. The van der Waals surface area contributed by atoms with Gasteiger partial charge in [-0.25, -0.2) is 0 Å². The van der Waals surface area contributed by atoms with Crippen molar-refractivity contribution in [2.75, 3.05) is 0 Å². The van der Waals surface area contributed by atoms with Crippen LogP contribution in [0.1, 0.15) is 26.3 Å². The van der Waals surface area contributed by atoms with Gasteiger partial charge in [0.25, 0.3) is 0 Å². The third kappa shape index (κ3) is 7.63. The molecule has 3 aromatic heterocycles. The van der Waals surface area contributed by atoms with Crippen molar-refractivity contribution >= 4 is 46.2 Å². The fourth-order valence-electron chi connectivity index (χ4n) is 6.87. The van der Waals surface area contributed by atoms with E-state index in [1.54, 1.807) is 0 Å². The standard InChI is InChI=1S/C31H19N2O.C18H24NSi.Ir/c1-2-11-21(12-3-1)22-13-4-7-18-27(22)33-28-19-8-6-17-26(28)32-31(33)25-16-10-15-24-23-14-5-9-20-29(23)34-30(24)25;1-18(2,3)15-9-7-14(8-10-15)17-12-11-16(13-19-17)20(4,5)6;/h1-15,17-20H;7,9-13H,1-6H3;/q2*-1;. The summed E-state index contributed by atoms with van der Waals surface area (Å²) >= 11 is 0. The van der Waals surface area contributed by atoms with Crippen molar-refractivity contribution in [3.05, 3.63) is 169 Å². The van der Waals surface area contributed by atoms with Gasteiger partial charge < -0.3 is 14.0 Å². The Morgan fingerprint density at radius 3 is 2.15 bits per heavy atom. The van der Waals surface area contributed by atoms with E-state index in [0.717, 1.165) is 72.4 Å². The predicted molar refractivity (Wildman–Crippen MR) is 228 cm³/mol. The van der Waals surface area contributed by atoms with E-state index < -0.39 is 8.07 Å². The summed E-state index contributed by atoms with van der Waals surface area (Å²) in [5.74, 6) is 0.814. The van der Waals surface area contributed by atoms with Crippen LogP contribution in [0.5, 0.6) is 0 Å². The summed E-state index contributed by atoms with van der Waals surface area (Å²) in [7, 11) is -1.26. The van der Waals surface area contributed by atoms with Crippen molar-refractivity contribution in [3.63, 3.8) is 0 Å². The van der Waals surface area contributed by atoms with Gasteiger partial charge in [0.1, 0.15) is 5.58 Å². The second-order valence-corrected chi connectivity index (χ2v) is 20.8. The van der Waals surface area contributed by atoms with Gasteiger partial charge in [0.05, 0.1) is 30.5 Å². The maximum absolute atomic E-state index is 6.36. The van der Waals surface area contributed by atoms with E-state index in [0.29, 0.717) is 0 Å². The molecular formula is C49H43IrN3OSi-2. The quantitative estimate of drug-likeness (QED) is 0.128. The number of nitrogens with zero attached hydrogens (tertiary/aromatic N) is 3. The predicted octanol–water partition coefficient (Wildman–Crippen LogP) is 12.4. The zero-order valence-electron chi connectivity index (χ0n) is 32.0. The maximum atomic E-state index is 6.36. The zero-order chi connectivity index (χ0) is 37.5. The summed E-state index contributed by atoms with van der Waals surface area (Å²) in [6.45, 7) is 13.7. The molecule has 9 rings (SSSR count). The molecule has 55 heavy (non-hydrogen) atoms. The van der Waals surface area contributed by atoms with Crippen LogP contribution >= 0.6 is 0 Å². The average Bonchev–Trinajstić information content (AvgIpc) is 3.77. The fourth-order valence-corrected chi connectivity index (χ4v) is 7.91. The molecule has 9 aromatic rings. The molecule has 0 bridgehead atoms. The number of benzene rings is 6. The number of rotatable bonds is 5. The molecule has 0 aliphatic carbocycles. The molecule has 0 saturated heterocycles. The van der Waals surface area contributed by atoms with Crippen LogP contribution < -0.4 is 5.19 Å². The Hall–Kier alpha value is -5.39. The first kappa shape index (κ1) is 37.9. The second kappa shape index (κ2) is 15.4. The Morgan fingerprint density at radius 1 is 0.691 bits per heavy atom. The molecule has 0 unspecified atom stereocenters. The minimum atomic E-state index is -1.26. The van der Waals surface area contributed by atoms with Gasteiger partial charge in [-0.1, -0.05) is 142 Å². The molecule has 4 nitrogen and oxygen atoms in total. The van der Waals surface area contributed by atoms with Crippen molar-refractivity contribution in [2.24, 2.45) is 0 Å². The van der Waals surface area contributed by atoms with Crippen LogP contribution in [0.4, 0.5) is 0 Å². The number of hydrogen-bond donors (Lipinski definition) is 0.